The van der Waals surface area contributed by atoms with Gasteiger partial charge in [0.05, 0.1) is 0 Å². The summed E-state index contributed by atoms with van der Waals surface area (Å²) < 4.78 is 50.8. The van der Waals surface area contributed by atoms with Crippen molar-refractivity contribution in [3.63, 3.8) is 0 Å². The molecule has 0 fully saturated rings. The Labute approximate surface area is 233 Å². The molecular weight excluding hydrogens is 539 g/mol. The highest BCUT2D eigenvalue weighted by Crippen LogP contribution is 2.29. The summed E-state index contributed by atoms with van der Waals surface area (Å²) in [4.78, 5) is 30.5. The highest BCUT2D eigenvalue weighted by Gasteiger charge is 2.13. The van der Waals surface area contributed by atoms with Crippen LogP contribution in [0.25, 0.3) is 21.6 Å². The molecule has 0 aliphatic rings. The standard InChI is InChI=1S/C31H26F3NO4S/c1-35-19-25-15-16-28(40-25)21-9-13-24(14-10-21)39-30(37)6-4-2-3-5-29(36)38-23-11-7-20(8-12-23)22-17-26(32)31(34)27(33)18-22/h7-19H,2-6H2,1H3. The average molecular weight is 566 g/mol. The quantitative estimate of drug-likeness (QED) is 0.0608. The number of rotatable bonds is 11. The molecule has 0 aliphatic heterocycles. The van der Waals surface area contributed by atoms with Crippen molar-refractivity contribution in [1.29, 1.82) is 0 Å². The van der Waals surface area contributed by atoms with Crippen molar-refractivity contribution in [3.05, 3.63) is 95.1 Å². The number of nitrogens with zero attached hydrogens (tertiary/aromatic N) is 1. The van der Waals surface area contributed by atoms with Gasteiger partial charge < -0.3 is 9.47 Å². The topological polar surface area (TPSA) is 65.0 Å². The second kappa shape index (κ2) is 13.7. The lowest BCUT2D eigenvalue weighted by molar-refractivity contribution is -0.134. The third-order valence-corrected chi connectivity index (χ3v) is 6.99. The minimum Gasteiger partial charge on any atom is -0.427 e. The van der Waals surface area contributed by atoms with Crippen LogP contribution in [0.3, 0.4) is 0 Å². The van der Waals surface area contributed by atoms with Crippen LogP contribution in [0.4, 0.5) is 13.2 Å². The number of carbonyl (C=O) groups excluding carboxylic acids is 2. The van der Waals surface area contributed by atoms with Gasteiger partial charge in [0, 0.05) is 35.9 Å². The molecule has 0 amide bonds. The molecule has 0 radical (unpaired) electrons. The summed E-state index contributed by atoms with van der Waals surface area (Å²) in [5, 5.41) is 0. The number of aliphatic imine (C=N–C) groups is 1. The number of unbranched alkanes of at least 4 members (excludes halogenated alkanes) is 2. The van der Waals surface area contributed by atoms with Crippen LogP contribution >= 0.6 is 11.3 Å². The fourth-order valence-corrected chi connectivity index (χ4v) is 4.85. The van der Waals surface area contributed by atoms with E-state index < -0.39 is 23.4 Å². The second-order valence-corrected chi connectivity index (χ2v) is 10.0. The summed E-state index contributed by atoms with van der Waals surface area (Å²) in [5.74, 6) is -4.10. The number of thiophene rings is 1. The predicted molar refractivity (Wildman–Crippen MR) is 149 cm³/mol. The van der Waals surface area contributed by atoms with Crippen LogP contribution in [-0.4, -0.2) is 25.2 Å². The largest absolute Gasteiger partial charge is 0.427 e. The summed E-state index contributed by atoms with van der Waals surface area (Å²) in [5.41, 5.74) is 1.64. The van der Waals surface area contributed by atoms with Crippen LogP contribution in [0.2, 0.25) is 0 Å². The van der Waals surface area contributed by atoms with E-state index in [4.69, 9.17) is 9.47 Å². The van der Waals surface area contributed by atoms with Crippen LogP contribution in [0.15, 0.2) is 77.8 Å². The zero-order valence-corrected chi connectivity index (χ0v) is 22.5. The van der Waals surface area contributed by atoms with Gasteiger partial charge in [0.2, 0.25) is 0 Å². The first-order valence-electron chi connectivity index (χ1n) is 12.6. The molecule has 40 heavy (non-hydrogen) atoms. The van der Waals surface area contributed by atoms with Crippen molar-refractivity contribution >= 4 is 29.5 Å². The molecule has 1 heterocycles. The van der Waals surface area contributed by atoms with E-state index in [9.17, 15) is 22.8 Å². The number of ether oxygens (including phenoxy) is 2. The molecule has 0 unspecified atom stereocenters. The Morgan fingerprint density at radius 3 is 1.77 bits per heavy atom. The van der Waals surface area contributed by atoms with Crippen LogP contribution in [0.5, 0.6) is 11.5 Å². The highest BCUT2D eigenvalue weighted by molar-refractivity contribution is 7.17. The maximum absolute atomic E-state index is 13.5. The molecule has 206 valence electrons. The first-order chi connectivity index (χ1) is 19.3. The van der Waals surface area contributed by atoms with E-state index in [1.165, 1.54) is 24.3 Å². The monoisotopic (exact) mass is 565 g/mol. The molecule has 0 spiro atoms. The minimum atomic E-state index is -1.52. The third kappa shape index (κ3) is 7.89. The molecule has 0 atom stereocenters. The van der Waals surface area contributed by atoms with Crippen molar-refractivity contribution in [2.45, 2.75) is 32.1 Å². The van der Waals surface area contributed by atoms with Gasteiger partial charge >= 0.3 is 11.9 Å². The lowest BCUT2D eigenvalue weighted by Gasteiger charge is -2.07. The Bertz CT molecular complexity index is 1480. The Morgan fingerprint density at radius 1 is 0.725 bits per heavy atom. The summed E-state index contributed by atoms with van der Waals surface area (Å²) in [6.07, 6.45) is 3.96. The smallest absolute Gasteiger partial charge is 0.311 e. The first-order valence-corrected chi connectivity index (χ1v) is 13.4. The predicted octanol–water partition coefficient (Wildman–Crippen LogP) is 8.01. The zero-order valence-electron chi connectivity index (χ0n) is 21.7. The number of benzene rings is 3. The molecule has 3 aromatic carbocycles. The van der Waals surface area contributed by atoms with Gasteiger partial charge in [-0.05, 0) is 90.2 Å². The number of esters is 2. The van der Waals surface area contributed by atoms with Crippen LogP contribution in [0, 0.1) is 17.5 Å². The van der Waals surface area contributed by atoms with Crippen LogP contribution in [0.1, 0.15) is 37.0 Å². The number of carbonyl (C=O) groups is 2. The Morgan fingerprint density at radius 2 is 1.25 bits per heavy atom. The SMILES string of the molecule is CN=Cc1ccc(-c2ccc(OC(=O)CCCCCC(=O)Oc3ccc(-c4cc(F)c(F)c(F)c4)cc3)cc2)s1. The third-order valence-electron chi connectivity index (χ3n) is 5.92. The van der Waals surface area contributed by atoms with E-state index in [2.05, 4.69) is 4.99 Å². The molecule has 1 aromatic heterocycles. The van der Waals surface area contributed by atoms with E-state index in [0.29, 0.717) is 30.6 Å². The fraction of sp³-hybridized carbons (Fsp3) is 0.194. The van der Waals surface area contributed by atoms with E-state index in [1.807, 2.05) is 24.3 Å². The van der Waals surface area contributed by atoms with Crippen molar-refractivity contribution in [2.75, 3.05) is 7.05 Å². The van der Waals surface area contributed by atoms with Crippen molar-refractivity contribution in [3.8, 4) is 33.1 Å². The van der Waals surface area contributed by atoms with E-state index >= 15 is 0 Å². The van der Waals surface area contributed by atoms with Crippen LogP contribution < -0.4 is 9.47 Å². The summed E-state index contributed by atoms with van der Waals surface area (Å²) in [6, 6.07) is 19.2. The van der Waals surface area contributed by atoms with Gasteiger partial charge in [-0.15, -0.1) is 11.3 Å². The lowest BCUT2D eigenvalue weighted by Crippen LogP contribution is -2.09. The van der Waals surface area contributed by atoms with Crippen molar-refractivity contribution in [2.24, 2.45) is 4.99 Å². The Balaban J connectivity index is 1.14. The normalized spacial score (nSPS) is 11.1. The first kappa shape index (κ1) is 28.8. The number of hydrogen-bond acceptors (Lipinski definition) is 6. The molecule has 0 N–H and O–H groups in total. The summed E-state index contributed by atoms with van der Waals surface area (Å²) >= 11 is 1.63. The zero-order chi connectivity index (χ0) is 28.5. The molecule has 0 bridgehead atoms. The lowest BCUT2D eigenvalue weighted by atomic mass is 10.1. The molecule has 0 aliphatic carbocycles. The molecular formula is C31H26F3NO4S. The van der Waals surface area contributed by atoms with Crippen LogP contribution in [-0.2, 0) is 9.59 Å². The van der Waals surface area contributed by atoms with Gasteiger partial charge in [-0.25, -0.2) is 13.2 Å². The Hall–Kier alpha value is -4.24. The fourth-order valence-electron chi connectivity index (χ4n) is 3.91. The number of halogens is 3. The molecule has 9 heteroatoms. The molecule has 4 aromatic rings. The minimum absolute atomic E-state index is 0.167. The molecule has 5 nitrogen and oxygen atoms in total. The summed E-state index contributed by atoms with van der Waals surface area (Å²) in [6.45, 7) is 0. The van der Waals surface area contributed by atoms with Gasteiger partial charge in [0.25, 0.3) is 0 Å². The Kier molecular flexibility index (Phi) is 9.86. The molecule has 0 saturated heterocycles. The van der Waals surface area contributed by atoms with Crippen molar-refractivity contribution in [1.82, 2.24) is 0 Å². The van der Waals surface area contributed by atoms with Gasteiger partial charge in [-0.1, -0.05) is 18.6 Å². The molecule has 0 saturated carbocycles. The number of hydrogen-bond donors (Lipinski definition) is 0. The van der Waals surface area contributed by atoms with E-state index in [1.54, 1.807) is 36.7 Å². The average Bonchev–Trinajstić information content (AvgIpc) is 3.41. The highest BCUT2D eigenvalue weighted by atomic mass is 32.1. The van der Waals surface area contributed by atoms with E-state index in [-0.39, 0.29) is 30.1 Å². The van der Waals surface area contributed by atoms with Gasteiger partial charge in [0.1, 0.15) is 11.5 Å². The van der Waals surface area contributed by atoms with Gasteiger partial charge in [0.15, 0.2) is 17.5 Å². The second-order valence-electron chi connectivity index (χ2n) is 8.90. The van der Waals surface area contributed by atoms with Crippen molar-refractivity contribution < 1.29 is 32.2 Å². The summed E-state index contributed by atoms with van der Waals surface area (Å²) in [7, 11) is 1.73. The van der Waals surface area contributed by atoms with Gasteiger partial charge in [-0.2, -0.15) is 0 Å². The van der Waals surface area contributed by atoms with Gasteiger partial charge in [-0.3, -0.25) is 14.6 Å². The molecule has 4 rings (SSSR count). The maximum atomic E-state index is 13.5. The maximum Gasteiger partial charge on any atom is 0.311 e. The van der Waals surface area contributed by atoms with E-state index in [0.717, 1.165) is 27.5 Å².